The second kappa shape index (κ2) is 4.02. The predicted molar refractivity (Wildman–Crippen MR) is 50.1 cm³/mol. The molecule has 0 N–H and O–H groups in total. The smallest absolute Gasteiger partial charge is 0.258 e. The Hall–Kier alpha value is -1.75. The molecule has 0 spiro atoms. The molecule has 0 aromatic heterocycles. The van der Waals surface area contributed by atoms with E-state index in [1.807, 2.05) is 0 Å². The Balaban J connectivity index is 3.64. The van der Waals surface area contributed by atoms with Crippen molar-refractivity contribution in [3.05, 3.63) is 33.4 Å². The molecule has 0 fully saturated rings. The van der Waals surface area contributed by atoms with Crippen molar-refractivity contribution in [1.82, 2.24) is 0 Å². The van der Waals surface area contributed by atoms with Crippen molar-refractivity contribution in [2.24, 2.45) is 0 Å². The minimum atomic E-state index is -4.81. The first kappa shape index (κ1) is 12.3. The van der Waals surface area contributed by atoms with E-state index in [0.29, 0.717) is 6.07 Å². The highest BCUT2D eigenvalue weighted by atomic mass is 32.1. The van der Waals surface area contributed by atoms with Crippen LogP contribution in [0.15, 0.2) is 17.0 Å². The summed E-state index contributed by atoms with van der Waals surface area (Å²) in [7, 11) is 0. The lowest BCUT2D eigenvalue weighted by molar-refractivity contribution is -0.388. The largest absolute Gasteiger partial charge is 0.417 e. The molecule has 0 unspecified atom stereocenters. The first-order chi connectivity index (χ1) is 7.29. The van der Waals surface area contributed by atoms with Gasteiger partial charge in [0, 0.05) is 0 Å². The summed E-state index contributed by atoms with van der Waals surface area (Å²) in [5.41, 5.74) is -3.29. The first-order valence-corrected chi connectivity index (χ1v) is 4.21. The molecular weight excluding hydrogens is 245 g/mol. The molecule has 0 aliphatic rings. The van der Waals surface area contributed by atoms with Gasteiger partial charge < -0.3 is 0 Å². The Morgan fingerprint density at radius 3 is 2.38 bits per heavy atom. The third-order valence-electron chi connectivity index (χ3n) is 1.76. The number of hydrogen-bond donors (Lipinski definition) is 1. The van der Waals surface area contributed by atoms with Crippen LogP contribution in [0.2, 0.25) is 0 Å². The van der Waals surface area contributed by atoms with Gasteiger partial charge >= 0.3 is 11.9 Å². The molecule has 0 atom stereocenters. The van der Waals surface area contributed by atoms with E-state index in [0.717, 1.165) is 6.07 Å². The highest BCUT2D eigenvalue weighted by Gasteiger charge is 2.37. The summed E-state index contributed by atoms with van der Waals surface area (Å²) >= 11 is 3.64. The standard InChI is InChI=1S/C8H3F3N2O2S/c9-8(10,11)5-1-2-6(16)7(13(14)15)4(5)3-12/h1-2,16H. The van der Waals surface area contributed by atoms with Crippen LogP contribution in [0.25, 0.3) is 0 Å². The van der Waals surface area contributed by atoms with E-state index in [1.54, 1.807) is 0 Å². The minimum absolute atomic E-state index is 0.283. The van der Waals surface area contributed by atoms with Gasteiger partial charge in [-0.15, -0.1) is 12.6 Å². The molecule has 4 nitrogen and oxygen atoms in total. The summed E-state index contributed by atoms with van der Waals surface area (Å²) in [5.74, 6) is 0. The summed E-state index contributed by atoms with van der Waals surface area (Å²) < 4.78 is 37.2. The van der Waals surface area contributed by atoms with E-state index in [9.17, 15) is 23.3 Å². The Morgan fingerprint density at radius 2 is 2.00 bits per heavy atom. The molecule has 1 aromatic carbocycles. The number of nitriles is 1. The first-order valence-electron chi connectivity index (χ1n) is 3.76. The van der Waals surface area contributed by atoms with E-state index in [4.69, 9.17) is 5.26 Å². The number of nitro groups is 1. The van der Waals surface area contributed by atoms with E-state index in [-0.39, 0.29) is 4.90 Å². The van der Waals surface area contributed by atoms with Crippen LogP contribution in [-0.2, 0) is 6.18 Å². The SMILES string of the molecule is N#Cc1c(C(F)(F)F)ccc(S)c1[N+](=O)[O-]. The Morgan fingerprint density at radius 1 is 1.44 bits per heavy atom. The van der Waals surface area contributed by atoms with Crippen molar-refractivity contribution in [3.63, 3.8) is 0 Å². The van der Waals surface area contributed by atoms with Crippen molar-refractivity contribution in [2.75, 3.05) is 0 Å². The van der Waals surface area contributed by atoms with Crippen molar-refractivity contribution in [2.45, 2.75) is 11.1 Å². The molecule has 0 bridgehead atoms. The van der Waals surface area contributed by atoms with E-state index in [2.05, 4.69) is 12.6 Å². The lowest BCUT2D eigenvalue weighted by Crippen LogP contribution is -2.09. The minimum Gasteiger partial charge on any atom is -0.258 e. The zero-order valence-electron chi connectivity index (χ0n) is 7.45. The van der Waals surface area contributed by atoms with Crippen LogP contribution in [0.3, 0.4) is 0 Å². The number of thiol groups is 1. The summed E-state index contributed by atoms with van der Waals surface area (Å²) in [6, 6.07) is 2.61. The maximum absolute atomic E-state index is 12.4. The molecule has 8 heteroatoms. The predicted octanol–water partition coefficient (Wildman–Crippen LogP) is 2.77. The number of hydrogen-bond acceptors (Lipinski definition) is 4. The highest BCUT2D eigenvalue weighted by molar-refractivity contribution is 7.80. The second-order valence-corrected chi connectivity index (χ2v) is 3.20. The van der Waals surface area contributed by atoms with Gasteiger partial charge in [-0.05, 0) is 12.1 Å². The monoisotopic (exact) mass is 248 g/mol. The quantitative estimate of drug-likeness (QED) is 0.472. The Bertz CT molecular complexity index is 493. The van der Waals surface area contributed by atoms with Crippen molar-refractivity contribution < 1.29 is 18.1 Å². The fourth-order valence-corrected chi connectivity index (χ4v) is 1.38. The maximum atomic E-state index is 12.4. The zero-order chi connectivity index (χ0) is 12.5. The number of nitro benzene ring substituents is 1. The van der Waals surface area contributed by atoms with Crippen molar-refractivity contribution >= 4 is 18.3 Å². The highest BCUT2D eigenvalue weighted by Crippen LogP contribution is 2.38. The van der Waals surface area contributed by atoms with Gasteiger partial charge in [-0.2, -0.15) is 18.4 Å². The Labute approximate surface area is 92.9 Å². The molecule has 0 saturated carbocycles. The van der Waals surface area contributed by atoms with Crippen LogP contribution in [0, 0.1) is 21.4 Å². The van der Waals surface area contributed by atoms with Gasteiger partial charge in [0.25, 0.3) is 0 Å². The zero-order valence-corrected chi connectivity index (χ0v) is 8.34. The van der Waals surface area contributed by atoms with Crippen LogP contribution in [0.1, 0.15) is 11.1 Å². The lowest BCUT2D eigenvalue weighted by atomic mass is 10.1. The Kier molecular flexibility index (Phi) is 3.09. The molecule has 84 valence electrons. The van der Waals surface area contributed by atoms with Crippen LogP contribution in [-0.4, -0.2) is 4.92 Å². The normalized spacial score (nSPS) is 10.9. The number of rotatable bonds is 1. The number of nitrogens with zero attached hydrogens (tertiary/aromatic N) is 2. The van der Waals surface area contributed by atoms with Crippen molar-refractivity contribution in [1.29, 1.82) is 5.26 Å². The fraction of sp³-hybridized carbons (Fsp3) is 0.125. The van der Waals surface area contributed by atoms with Crippen LogP contribution in [0.5, 0.6) is 0 Å². The molecular formula is C8H3F3N2O2S. The fourth-order valence-electron chi connectivity index (χ4n) is 1.11. The average Bonchev–Trinajstić information content (AvgIpc) is 2.14. The molecule has 16 heavy (non-hydrogen) atoms. The van der Waals surface area contributed by atoms with E-state index < -0.39 is 27.9 Å². The molecule has 0 amide bonds. The molecule has 0 radical (unpaired) electrons. The van der Waals surface area contributed by atoms with Crippen LogP contribution in [0.4, 0.5) is 18.9 Å². The summed E-state index contributed by atoms with van der Waals surface area (Å²) in [4.78, 5) is 9.18. The van der Waals surface area contributed by atoms with E-state index in [1.165, 1.54) is 6.07 Å². The van der Waals surface area contributed by atoms with Gasteiger partial charge in [0.05, 0.1) is 15.4 Å². The van der Waals surface area contributed by atoms with Crippen LogP contribution >= 0.6 is 12.6 Å². The van der Waals surface area contributed by atoms with Crippen LogP contribution < -0.4 is 0 Å². The molecule has 0 aliphatic heterocycles. The second-order valence-electron chi connectivity index (χ2n) is 2.72. The van der Waals surface area contributed by atoms with Gasteiger partial charge in [0.1, 0.15) is 11.6 Å². The third-order valence-corrected chi connectivity index (χ3v) is 2.12. The van der Waals surface area contributed by atoms with Gasteiger partial charge in [0.15, 0.2) is 0 Å². The third kappa shape index (κ3) is 2.09. The summed E-state index contributed by atoms with van der Waals surface area (Å²) in [5, 5.41) is 19.1. The molecule has 0 heterocycles. The van der Waals surface area contributed by atoms with Gasteiger partial charge in [-0.25, -0.2) is 0 Å². The van der Waals surface area contributed by atoms with Gasteiger partial charge in [-0.1, -0.05) is 0 Å². The molecule has 1 aromatic rings. The number of halogens is 3. The topological polar surface area (TPSA) is 66.9 Å². The number of benzene rings is 1. The maximum Gasteiger partial charge on any atom is 0.417 e. The van der Waals surface area contributed by atoms with Crippen molar-refractivity contribution in [3.8, 4) is 6.07 Å². The average molecular weight is 248 g/mol. The lowest BCUT2D eigenvalue weighted by Gasteiger charge is -2.09. The summed E-state index contributed by atoms with van der Waals surface area (Å²) in [6.07, 6.45) is -4.81. The molecule has 1 rings (SSSR count). The van der Waals surface area contributed by atoms with Gasteiger partial charge in [-0.3, -0.25) is 10.1 Å². The van der Waals surface area contributed by atoms with Gasteiger partial charge in [0.2, 0.25) is 0 Å². The molecule has 0 aliphatic carbocycles. The summed E-state index contributed by atoms with van der Waals surface area (Å²) in [6.45, 7) is 0. The number of alkyl halides is 3. The van der Waals surface area contributed by atoms with E-state index >= 15 is 0 Å². The molecule has 0 saturated heterocycles.